The highest BCUT2D eigenvalue weighted by Crippen LogP contribution is 2.40. The first-order valence-electron chi connectivity index (χ1n) is 7.76. The highest BCUT2D eigenvalue weighted by Gasteiger charge is 2.34. The first-order valence-corrected chi connectivity index (χ1v) is 8.92. The summed E-state index contributed by atoms with van der Waals surface area (Å²) in [4.78, 5) is 6.63. The van der Waals surface area contributed by atoms with E-state index in [0.717, 1.165) is 49.1 Å². The van der Waals surface area contributed by atoms with Crippen LogP contribution in [0.3, 0.4) is 0 Å². The number of thioether (sulfide) groups is 1. The molecule has 1 saturated carbocycles. The van der Waals surface area contributed by atoms with Gasteiger partial charge >= 0.3 is 6.18 Å². The van der Waals surface area contributed by atoms with E-state index < -0.39 is 11.7 Å². The van der Waals surface area contributed by atoms with Crippen molar-refractivity contribution in [2.24, 2.45) is 10.7 Å². The second-order valence-corrected chi connectivity index (χ2v) is 7.26. The Balaban J connectivity index is 1.58. The maximum atomic E-state index is 12.8. The molecule has 0 amide bonds. The molecule has 1 aromatic carbocycles. The number of alkyl halides is 3. The van der Waals surface area contributed by atoms with Gasteiger partial charge in [-0.05, 0) is 30.4 Å². The average molecular weight is 343 g/mol. The molecule has 0 bridgehead atoms. The van der Waals surface area contributed by atoms with Crippen LogP contribution in [0.5, 0.6) is 0 Å². The van der Waals surface area contributed by atoms with E-state index in [2.05, 4.69) is 9.89 Å². The van der Waals surface area contributed by atoms with Crippen molar-refractivity contribution in [1.82, 2.24) is 4.90 Å². The average Bonchev–Trinajstić information content (AvgIpc) is 2.50. The number of benzene rings is 1. The topological polar surface area (TPSA) is 41.6 Å². The lowest BCUT2D eigenvalue weighted by Crippen LogP contribution is -2.44. The van der Waals surface area contributed by atoms with E-state index in [1.165, 1.54) is 12.1 Å². The molecule has 0 atom stereocenters. The molecule has 2 aliphatic rings. The summed E-state index contributed by atoms with van der Waals surface area (Å²) >= 11 is 1.91. The third-order valence-corrected chi connectivity index (χ3v) is 5.39. The minimum absolute atomic E-state index is 0.129. The maximum absolute atomic E-state index is 12.8. The molecule has 0 unspecified atom stereocenters. The monoisotopic (exact) mass is 343 g/mol. The number of aliphatic imine (C=N–C) groups is 1. The van der Waals surface area contributed by atoms with Gasteiger partial charge in [0.1, 0.15) is 0 Å². The van der Waals surface area contributed by atoms with Crippen LogP contribution in [0, 0.1) is 0 Å². The summed E-state index contributed by atoms with van der Waals surface area (Å²) in [6, 6.07) is 5.75. The molecule has 1 aromatic rings. The summed E-state index contributed by atoms with van der Waals surface area (Å²) in [7, 11) is 0. The molecule has 1 aliphatic carbocycles. The summed E-state index contributed by atoms with van der Waals surface area (Å²) in [6.45, 7) is 1.84. The SMILES string of the molecule is NC(=NC1CC(c2cccc(C(F)(F)F)c2)C1)N1CCSCC1. The molecule has 1 aliphatic heterocycles. The third kappa shape index (κ3) is 3.94. The lowest BCUT2D eigenvalue weighted by Gasteiger charge is -2.35. The largest absolute Gasteiger partial charge is 0.416 e. The van der Waals surface area contributed by atoms with Gasteiger partial charge in [-0.2, -0.15) is 24.9 Å². The van der Waals surface area contributed by atoms with Crippen molar-refractivity contribution < 1.29 is 13.2 Å². The molecule has 0 radical (unpaired) electrons. The third-order valence-electron chi connectivity index (χ3n) is 4.45. The lowest BCUT2D eigenvalue weighted by molar-refractivity contribution is -0.137. The Labute approximate surface area is 138 Å². The van der Waals surface area contributed by atoms with Crippen LogP contribution in [0.25, 0.3) is 0 Å². The molecule has 126 valence electrons. The number of hydrogen-bond acceptors (Lipinski definition) is 2. The maximum Gasteiger partial charge on any atom is 0.416 e. The number of guanidine groups is 1. The van der Waals surface area contributed by atoms with E-state index in [1.807, 2.05) is 11.8 Å². The Morgan fingerprint density at radius 1 is 1.22 bits per heavy atom. The summed E-state index contributed by atoms with van der Waals surface area (Å²) < 4.78 is 38.3. The van der Waals surface area contributed by atoms with Gasteiger partial charge in [0.05, 0.1) is 11.6 Å². The fourth-order valence-electron chi connectivity index (χ4n) is 3.00. The predicted molar refractivity (Wildman–Crippen MR) is 87.7 cm³/mol. The minimum Gasteiger partial charge on any atom is -0.370 e. The number of nitrogens with zero attached hydrogens (tertiary/aromatic N) is 2. The van der Waals surface area contributed by atoms with Crippen molar-refractivity contribution in [2.75, 3.05) is 24.6 Å². The lowest BCUT2D eigenvalue weighted by atomic mass is 9.76. The molecule has 0 aromatic heterocycles. The van der Waals surface area contributed by atoms with Gasteiger partial charge in [0, 0.05) is 24.6 Å². The summed E-state index contributed by atoms with van der Waals surface area (Å²) in [6.07, 6.45) is -2.75. The standard InChI is InChI=1S/C16H20F3N3S/c17-16(18,19)13-3-1-2-11(8-13)12-9-14(10-12)21-15(20)22-4-6-23-7-5-22/h1-3,8,12,14H,4-7,9-10H2,(H2,20,21). The molecular weight excluding hydrogens is 323 g/mol. The van der Waals surface area contributed by atoms with E-state index in [9.17, 15) is 13.2 Å². The molecule has 1 saturated heterocycles. The van der Waals surface area contributed by atoms with E-state index >= 15 is 0 Å². The van der Waals surface area contributed by atoms with Crippen LogP contribution in [0.1, 0.15) is 29.9 Å². The predicted octanol–water partition coefficient (Wildman–Crippen LogP) is 3.31. The van der Waals surface area contributed by atoms with Crippen molar-refractivity contribution in [3.05, 3.63) is 35.4 Å². The van der Waals surface area contributed by atoms with Gasteiger partial charge in [0.15, 0.2) is 5.96 Å². The van der Waals surface area contributed by atoms with Gasteiger partial charge in [0.2, 0.25) is 0 Å². The quantitative estimate of drug-likeness (QED) is 0.662. The smallest absolute Gasteiger partial charge is 0.370 e. The van der Waals surface area contributed by atoms with Crippen LogP contribution >= 0.6 is 11.8 Å². The molecule has 3 nitrogen and oxygen atoms in total. The summed E-state index contributed by atoms with van der Waals surface area (Å²) in [5.74, 6) is 2.86. The van der Waals surface area contributed by atoms with Crippen LogP contribution < -0.4 is 5.73 Å². The van der Waals surface area contributed by atoms with Gasteiger partial charge in [0.25, 0.3) is 0 Å². The zero-order chi connectivity index (χ0) is 16.4. The molecule has 3 rings (SSSR count). The van der Waals surface area contributed by atoms with Crippen molar-refractivity contribution in [3.63, 3.8) is 0 Å². The Hall–Kier alpha value is -1.37. The van der Waals surface area contributed by atoms with Gasteiger partial charge in [-0.3, -0.25) is 0 Å². The van der Waals surface area contributed by atoms with Crippen molar-refractivity contribution in [2.45, 2.75) is 31.0 Å². The molecule has 7 heteroatoms. The first-order chi connectivity index (χ1) is 10.9. The molecule has 23 heavy (non-hydrogen) atoms. The van der Waals surface area contributed by atoms with E-state index in [1.54, 1.807) is 6.07 Å². The Morgan fingerprint density at radius 3 is 2.57 bits per heavy atom. The number of hydrogen-bond donors (Lipinski definition) is 1. The molecule has 2 N–H and O–H groups in total. The van der Waals surface area contributed by atoms with Crippen molar-refractivity contribution in [3.8, 4) is 0 Å². The first kappa shape index (κ1) is 16.5. The highest BCUT2D eigenvalue weighted by atomic mass is 32.2. The molecule has 0 spiro atoms. The second-order valence-electron chi connectivity index (χ2n) is 6.03. The van der Waals surface area contributed by atoms with Crippen molar-refractivity contribution in [1.29, 1.82) is 0 Å². The second kappa shape index (κ2) is 6.63. The van der Waals surface area contributed by atoms with Crippen LogP contribution in [0.2, 0.25) is 0 Å². The minimum atomic E-state index is -4.28. The molecule has 1 heterocycles. The van der Waals surface area contributed by atoms with Gasteiger partial charge in [-0.1, -0.05) is 18.2 Å². The molecular formula is C16H20F3N3S. The van der Waals surface area contributed by atoms with Crippen LogP contribution in [-0.2, 0) is 6.18 Å². The number of halogens is 3. The van der Waals surface area contributed by atoms with Gasteiger partial charge in [-0.25, -0.2) is 4.99 Å². The Bertz CT molecular complexity index is 576. The van der Waals surface area contributed by atoms with Crippen LogP contribution in [0.4, 0.5) is 13.2 Å². The Morgan fingerprint density at radius 2 is 1.91 bits per heavy atom. The fourth-order valence-corrected chi connectivity index (χ4v) is 3.90. The number of rotatable bonds is 2. The molecule has 2 fully saturated rings. The van der Waals surface area contributed by atoms with Crippen LogP contribution in [0.15, 0.2) is 29.3 Å². The zero-order valence-corrected chi connectivity index (χ0v) is 13.5. The summed E-state index contributed by atoms with van der Waals surface area (Å²) in [5.41, 5.74) is 6.21. The van der Waals surface area contributed by atoms with E-state index in [4.69, 9.17) is 5.73 Å². The normalized spacial score (nSPS) is 26.0. The van der Waals surface area contributed by atoms with Crippen LogP contribution in [-0.4, -0.2) is 41.5 Å². The van der Waals surface area contributed by atoms with Crippen molar-refractivity contribution >= 4 is 17.7 Å². The summed E-state index contributed by atoms with van der Waals surface area (Å²) in [5, 5.41) is 0. The Kier molecular flexibility index (Phi) is 4.75. The van der Waals surface area contributed by atoms with E-state index in [-0.39, 0.29) is 12.0 Å². The highest BCUT2D eigenvalue weighted by molar-refractivity contribution is 7.99. The van der Waals surface area contributed by atoms with Gasteiger partial charge in [-0.15, -0.1) is 0 Å². The number of nitrogens with two attached hydrogens (primary N) is 1. The van der Waals surface area contributed by atoms with Gasteiger partial charge < -0.3 is 10.6 Å². The zero-order valence-electron chi connectivity index (χ0n) is 12.7. The fraction of sp³-hybridized carbons (Fsp3) is 0.562. The van der Waals surface area contributed by atoms with E-state index in [0.29, 0.717) is 5.96 Å².